The van der Waals surface area contributed by atoms with Crippen LogP contribution in [0.4, 0.5) is 0 Å². The summed E-state index contributed by atoms with van der Waals surface area (Å²) in [6.07, 6.45) is 9.33. The Hall–Kier alpha value is -0.610. The molecule has 3 unspecified atom stereocenters. The molecule has 4 heteroatoms. The zero-order valence-corrected chi connectivity index (χ0v) is 12.4. The van der Waals surface area contributed by atoms with Crippen LogP contribution < -0.4 is 5.32 Å². The molecular weight excluding hydrogens is 254 g/mol. The third kappa shape index (κ3) is 3.01. The summed E-state index contributed by atoms with van der Waals surface area (Å²) in [5.74, 6) is 0.116. The molecule has 20 heavy (non-hydrogen) atoms. The second-order valence-corrected chi connectivity index (χ2v) is 7.08. The van der Waals surface area contributed by atoms with Gasteiger partial charge in [-0.3, -0.25) is 10.1 Å². The van der Waals surface area contributed by atoms with Crippen molar-refractivity contribution in [3.8, 4) is 0 Å². The summed E-state index contributed by atoms with van der Waals surface area (Å²) >= 11 is 0. The molecule has 0 aromatic carbocycles. The van der Waals surface area contributed by atoms with Gasteiger partial charge in [0.2, 0.25) is 0 Å². The van der Waals surface area contributed by atoms with Gasteiger partial charge in [0, 0.05) is 6.04 Å². The average Bonchev–Trinajstić information content (AvgIpc) is 3.27. The molecule has 0 radical (unpaired) electrons. The van der Waals surface area contributed by atoms with Crippen LogP contribution in [0.15, 0.2) is 0 Å². The zero-order chi connectivity index (χ0) is 14.2. The fraction of sp³-hybridized carbons (Fsp3) is 0.938. The minimum absolute atomic E-state index is 0.252. The number of carboxylic acid groups (broad SMARTS) is 1. The largest absolute Gasteiger partial charge is 0.480 e. The van der Waals surface area contributed by atoms with E-state index in [1.807, 2.05) is 0 Å². The second-order valence-electron chi connectivity index (χ2n) is 7.08. The Morgan fingerprint density at radius 3 is 2.45 bits per heavy atom. The van der Waals surface area contributed by atoms with E-state index >= 15 is 0 Å². The van der Waals surface area contributed by atoms with Crippen molar-refractivity contribution in [3.63, 3.8) is 0 Å². The number of hydrogen-bond acceptors (Lipinski definition) is 3. The quantitative estimate of drug-likeness (QED) is 0.753. The van der Waals surface area contributed by atoms with Gasteiger partial charge in [-0.25, -0.2) is 0 Å². The molecule has 0 aliphatic heterocycles. The monoisotopic (exact) mass is 281 g/mol. The van der Waals surface area contributed by atoms with Gasteiger partial charge in [-0.15, -0.1) is 0 Å². The first-order valence-corrected chi connectivity index (χ1v) is 8.24. The lowest BCUT2D eigenvalue weighted by Gasteiger charge is -2.35. The Morgan fingerprint density at radius 1 is 1.20 bits per heavy atom. The molecule has 0 aromatic rings. The number of nitrogens with one attached hydrogen (secondary N) is 1. The number of rotatable bonds is 7. The predicted molar refractivity (Wildman–Crippen MR) is 76.6 cm³/mol. The fourth-order valence-electron chi connectivity index (χ4n) is 3.51. The SMILES string of the molecule is CC1CCCCC1OCC(NC1CC1)(C(=O)O)C1CC1. The second kappa shape index (κ2) is 5.64. The lowest BCUT2D eigenvalue weighted by Crippen LogP contribution is -2.59. The molecule has 0 spiro atoms. The highest BCUT2D eigenvalue weighted by atomic mass is 16.5. The number of hydrogen-bond donors (Lipinski definition) is 2. The summed E-state index contributed by atoms with van der Waals surface area (Å²) in [5.41, 5.74) is -0.821. The third-order valence-corrected chi connectivity index (χ3v) is 5.25. The normalized spacial score (nSPS) is 33.6. The van der Waals surface area contributed by atoms with Gasteiger partial charge >= 0.3 is 5.97 Å². The van der Waals surface area contributed by atoms with Gasteiger partial charge in [0.05, 0.1) is 12.7 Å². The summed E-state index contributed by atoms with van der Waals surface area (Å²) in [6.45, 7) is 2.58. The number of carbonyl (C=O) groups is 1. The standard InChI is InChI=1S/C16H27NO3/c1-11-4-2-3-5-14(11)20-10-16(15(18)19,12-6-7-12)17-13-8-9-13/h11-14,17H,2-10H2,1H3,(H,18,19). The summed E-state index contributed by atoms with van der Waals surface area (Å²) in [5, 5.41) is 13.2. The highest BCUT2D eigenvalue weighted by molar-refractivity contribution is 5.80. The van der Waals surface area contributed by atoms with Crippen LogP contribution in [0, 0.1) is 11.8 Å². The first-order valence-electron chi connectivity index (χ1n) is 8.24. The lowest BCUT2D eigenvalue weighted by molar-refractivity contribution is -0.152. The molecular formula is C16H27NO3. The average molecular weight is 281 g/mol. The highest BCUT2D eigenvalue weighted by Crippen LogP contribution is 2.42. The summed E-state index contributed by atoms with van der Waals surface area (Å²) < 4.78 is 6.11. The molecule has 3 aliphatic carbocycles. The molecule has 0 aromatic heterocycles. The van der Waals surface area contributed by atoms with Gasteiger partial charge in [-0.2, -0.15) is 0 Å². The van der Waals surface area contributed by atoms with Crippen LogP contribution in [0.1, 0.15) is 58.3 Å². The first-order chi connectivity index (χ1) is 9.62. The highest BCUT2D eigenvalue weighted by Gasteiger charge is 2.53. The molecule has 2 N–H and O–H groups in total. The lowest BCUT2D eigenvalue weighted by atomic mass is 9.87. The predicted octanol–water partition coefficient (Wildman–Crippen LogP) is 2.57. The van der Waals surface area contributed by atoms with E-state index < -0.39 is 11.5 Å². The van der Waals surface area contributed by atoms with E-state index in [1.165, 1.54) is 19.3 Å². The van der Waals surface area contributed by atoms with Crippen LogP contribution in [0.25, 0.3) is 0 Å². The van der Waals surface area contributed by atoms with Crippen molar-refractivity contribution >= 4 is 5.97 Å². The molecule has 4 nitrogen and oxygen atoms in total. The van der Waals surface area contributed by atoms with E-state index in [2.05, 4.69) is 12.2 Å². The Morgan fingerprint density at radius 2 is 1.90 bits per heavy atom. The minimum atomic E-state index is -0.821. The molecule has 0 bridgehead atoms. The third-order valence-electron chi connectivity index (χ3n) is 5.25. The Balaban J connectivity index is 1.64. The molecule has 3 rings (SSSR count). The Kier molecular flexibility index (Phi) is 4.04. The first kappa shape index (κ1) is 14.3. The number of aliphatic carboxylic acids is 1. The van der Waals surface area contributed by atoms with E-state index in [1.54, 1.807) is 0 Å². The van der Waals surface area contributed by atoms with Gasteiger partial charge in [-0.05, 0) is 50.4 Å². The van der Waals surface area contributed by atoms with Gasteiger partial charge in [0.25, 0.3) is 0 Å². The van der Waals surface area contributed by atoms with E-state index in [0.717, 1.165) is 32.1 Å². The smallest absolute Gasteiger partial charge is 0.326 e. The maximum atomic E-state index is 11.9. The van der Waals surface area contributed by atoms with Crippen LogP contribution >= 0.6 is 0 Å². The summed E-state index contributed by atoms with van der Waals surface area (Å²) in [4.78, 5) is 11.9. The molecule has 0 saturated heterocycles. The topological polar surface area (TPSA) is 58.6 Å². The van der Waals surface area contributed by atoms with Crippen LogP contribution in [0.5, 0.6) is 0 Å². The van der Waals surface area contributed by atoms with E-state index in [0.29, 0.717) is 18.6 Å². The molecule has 0 heterocycles. The van der Waals surface area contributed by atoms with Crippen LogP contribution in [-0.4, -0.2) is 35.4 Å². The summed E-state index contributed by atoms with van der Waals surface area (Å²) in [7, 11) is 0. The van der Waals surface area contributed by atoms with Gasteiger partial charge in [-0.1, -0.05) is 19.8 Å². The number of ether oxygens (including phenoxy) is 1. The Bertz CT molecular complexity index is 365. The van der Waals surface area contributed by atoms with Gasteiger partial charge in [0.15, 0.2) is 0 Å². The summed E-state index contributed by atoms with van der Waals surface area (Å²) in [6, 6.07) is 0.402. The van der Waals surface area contributed by atoms with Gasteiger partial charge in [0.1, 0.15) is 5.54 Å². The van der Waals surface area contributed by atoms with Crippen LogP contribution in [-0.2, 0) is 9.53 Å². The molecule has 0 amide bonds. The molecule has 3 aliphatic rings. The number of carboxylic acids is 1. The van der Waals surface area contributed by atoms with Crippen LogP contribution in [0.3, 0.4) is 0 Å². The fourth-order valence-corrected chi connectivity index (χ4v) is 3.51. The maximum absolute atomic E-state index is 11.9. The van der Waals surface area contributed by atoms with Crippen molar-refractivity contribution in [3.05, 3.63) is 0 Å². The van der Waals surface area contributed by atoms with Crippen molar-refractivity contribution in [2.24, 2.45) is 11.8 Å². The zero-order valence-electron chi connectivity index (χ0n) is 12.4. The molecule has 3 saturated carbocycles. The van der Waals surface area contributed by atoms with Gasteiger partial charge < -0.3 is 9.84 Å². The van der Waals surface area contributed by atoms with Crippen molar-refractivity contribution in [1.82, 2.24) is 5.32 Å². The molecule has 3 atom stereocenters. The van der Waals surface area contributed by atoms with Crippen molar-refractivity contribution in [2.75, 3.05) is 6.61 Å². The van der Waals surface area contributed by atoms with Crippen molar-refractivity contribution < 1.29 is 14.6 Å². The minimum Gasteiger partial charge on any atom is -0.480 e. The van der Waals surface area contributed by atoms with Crippen molar-refractivity contribution in [2.45, 2.75) is 76.0 Å². The maximum Gasteiger partial charge on any atom is 0.326 e. The molecule has 114 valence electrons. The van der Waals surface area contributed by atoms with Crippen molar-refractivity contribution in [1.29, 1.82) is 0 Å². The molecule has 3 fully saturated rings. The van der Waals surface area contributed by atoms with E-state index in [-0.39, 0.29) is 12.0 Å². The van der Waals surface area contributed by atoms with Crippen LogP contribution in [0.2, 0.25) is 0 Å². The Labute approximate surface area is 121 Å². The van der Waals surface area contributed by atoms with E-state index in [9.17, 15) is 9.90 Å². The van der Waals surface area contributed by atoms with E-state index in [4.69, 9.17) is 4.74 Å².